The predicted octanol–water partition coefficient (Wildman–Crippen LogP) is 5.38. The van der Waals surface area contributed by atoms with Gasteiger partial charge in [0.15, 0.2) is 0 Å². The van der Waals surface area contributed by atoms with Crippen LogP contribution in [0.5, 0.6) is 0 Å². The number of hydrogen-bond acceptors (Lipinski definition) is 1. The molecule has 1 fully saturated rings. The Morgan fingerprint density at radius 3 is 1.41 bits per heavy atom. The fourth-order valence-corrected chi connectivity index (χ4v) is 3.42. The van der Waals surface area contributed by atoms with Crippen LogP contribution in [-0.2, 0) is 0 Å². The largest absolute Gasteiger partial charge is 0.357 e. The van der Waals surface area contributed by atoms with Crippen molar-refractivity contribution in [3.8, 4) is 0 Å². The second-order valence-corrected chi connectivity index (χ2v) is 5.83. The zero-order valence-electron chi connectivity index (χ0n) is 12.5. The van der Waals surface area contributed by atoms with Gasteiger partial charge >= 0.3 is 0 Å². The van der Waals surface area contributed by atoms with E-state index in [0.717, 1.165) is 0 Å². The summed E-state index contributed by atoms with van der Waals surface area (Å²) in [6.07, 6.45) is 1.17. The van der Waals surface area contributed by atoms with E-state index in [2.05, 4.69) is 95.9 Å². The van der Waals surface area contributed by atoms with Crippen molar-refractivity contribution < 1.29 is 0 Å². The molecule has 1 aliphatic rings. The van der Waals surface area contributed by atoms with E-state index in [-0.39, 0.29) is 0 Å². The third-order valence-electron chi connectivity index (χ3n) is 4.54. The van der Waals surface area contributed by atoms with Crippen LogP contribution in [0.15, 0.2) is 91.0 Å². The second-order valence-electron chi connectivity index (χ2n) is 5.83. The minimum atomic E-state index is 0.466. The first kappa shape index (κ1) is 13.1. The van der Waals surface area contributed by atoms with Crippen LogP contribution in [0.25, 0.3) is 0 Å². The molecule has 0 N–H and O–H groups in total. The number of anilines is 1. The number of hydrogen-bond donors (Lipinski definition) is 0. The van der Waals surface area contributed by atoms with Crippen LogP contribution < -0.4 is 4.90 Å². The van der Waals surface area contributed by atoms with Gasteiger partial charge in [-0.25, -0.2) is 0 Å². The number of rotatable bonds is 3. The molecular formula is C21H19N. The fraction of sp³-hybridized carbons (Fsp3) is 0.143. The van der Waals surface area contributed by atoms with Crippen LogP contribution in [0.2, 0.25) is 0 Å². The summed E-state index contributed by atoms with van der Waals surface area (Å²) in [5, 5.41) is 0. The summed E-state index contributed by atoms with van der Waals surface area (Å²) in [5.74, 6) is 0. The first-order chi connectivity index (χ1) is 10.9. The van der Waals surface area contributed by atoms with Gasteiger partial charge in [0.2, 0.25) is 0 Å². The highest BCUT2D eigenvalue weighted by molar-refractivity contribution is 5.55. The average molecular weight is 285 g/mol. The Morgan fingerprint density at radius 2 is 0.955 bits per heavy atom. The van der Waals surface area contributed by atoms with Crippen molar-refractivity contribution >= 4 is 5.69 Å². The van der Waals surface area contributed by atoms with Gasteiger partial charge in [0, 0.05) is 5.69 Å². The molecule has 0 aliphatic carbocycles. The third kappa shape index (κ3) is 2.29. The Morgan fingerprint density at radius 1 is 0.545 bits per heavy atom. The molecule has 22 heavy (non-hydrogen) atoms. The van der Waals surface area contributed by atoms with E-state index in [1.165, 1.54) is 23.2 Å². The minimum absolute atomic E-state index is 0.466. The Bertz CT molecular complexity index is 676. The van der Waals surface area contributed by atoms with E-state index in [1.807, 2.05) is 0 Å². The van der Waals surface area contributed by atoms with E-state index < -0.39 is 0 Å². The molecule has 108 valence electrons. The van der Waals surface area contributed by atoms with Crippen molar-refractivity contribution in [3.05, 3.63) is 102 Å². The van der Waals surface area contributed by atoms with Gasteiger partial charge in [0.25, 0.3) is 0 Å². The second kappa shape index (κ2) is 5.69. The molecule has 1 aliphatic heterocycles. The number of nitrogens with zero attached hydrogens (tertiary/aromatic N) is 1. The Labute approximate surface area is 131 Å². The van der Waals surface area contributed by atoms with Crippen molar-refractivity contribution in [1.82, 2.24) is 0 Å². The molecule has 1 saturated heterocycles. The van der Waals surface area contributed by atoms with Crippen molar-refractivity contribution in [3.63, 3.8) is 0 Å². The van der Waals surface area contributed by atoms with Crippen LogP contribution in [0, 0.1) is 0 Å². The summed E-state index contributed by atoms with van der Waals surface area (Å²) in [6, 6.07) is 33.3. The van der Waals surface area contributed by atoms with Crippen LogP contribution in [0.1, 0.15) is 29.6 Å². The Balaban J connectivity index is 1.71. The summed E-state index contributed by atoms with van der Waals surface area (Å²) in [6.45, 7) is 0. The summed E-state index contributed by atoms with van der Waals surface area (Å²) in [7, 11) is 0. The molecule has 0 radical (unpaired) electrons. The van der Waals surface area contributed by atoms with E-state index in [4.69, 9.17) is 0 Å². The summed E-state index contributed by atoms with van der Waals surface area (Å²) >= 11 is 0. The van der Waals surface area contributed by atoms with E-state index >= 15 is 0 Å². The monoisotopic (exact) mass is 285 g/mol. The zero-order valence-corrected chi connectivity index (χ0v) is 12.5. The zero-order chi connectivity index (χ0) is 14.8. The lowest BCUT2D eigenvalue weighted by molar-refractivity contribution is 0.353. The average Bonchev–Trinajstić information content (AvgIpc) is 2.57. The lowest BCUT2D eigenvalue weighted by atomic mass is 9.83. The third-order valence-corrected chi connectivity index (χ3v) is 4.54. The molecular weight excluding hydrogens is 266 g/mol. The minimum Gasteiger partial charge on any atom is -0.357 e. The van der Waals surface area contributed by atoms with Gasteiger partial charge in [-0.3, -0.25) is 0 Å². The molecule has 2 atom stereocenters. The highest BCUT2D eigenvalue weighted by Gasteiger charge is 2.39. The van der Waals surface area contributed by atoms with Gasteiger partial charge in [0.1, 0.15) is 0 Å². The van der Waals surface area contributed by atoms with Gasteiger partial charge in [-0.05, 0) is 29.7 Å². The first-order valence-electron chi connectivity index (χ1n) is 7.87. The van der Waals surface area contributed by atoms with Crippen molar-refractivity contribution in [2.24, 2.45) is 0 Å². The molecule has 0 bridgehead atoms. The van der Waals surface area contributed by atoms with Gasteiger partial charge in [0.05, 0.1) is 12.1 Å². The molecule has 1 heteroatoms. The van der Waals surface area contributed by atoms with Crippen LogP contribution in [0.4, 0.5) is 5.69 Å². The van der Waals surface area contributed by atoms with E-state index in [0.29, 0.717) is 12.1 Å². The summed E-state index contributed by atoms with van der Waals surface area (Å²) in [5.41, 5.74) is 4.11. The quantitative estimate of drug-likeness (QED) is 0.624. The van der Waals surface area contributed by atoms with Crippen LogP contribution in [0.3, 0.4) is 0 Å². The molecule has 0 amide bonds. The highest BCUT2D eigenvalue weighted by atomic mass is 15.3. The van der Waals surface area contributed by atoms with E-state index in [9.17, 15) is 0 Å². The molecule has 1 heterocycles. The van der Waals surface area contributed by atoms with Gasteiger partial charge in [-0.1, -0.05) is 78.9 Å². The first-order valence-corrected chi connectivity index (χ1v) is 7.87. The smallest absolute Gasteiger partial charge is 0.0571 e. The lowest BCUT2D eigenvalue weighted by Gasteiger charge is -2.51. The van der Waals surface area contributed by atoms with Crippen LogP contribution >= 0.6 is 0 Å². The summed E-state index contributed by atoms with van der Waals surface area (Å²) in [4.78, 5) is 2.55. The molecule has 4 rings (SSSR count). The summed E-state index contributed by atoms with van der Waals surface area (Å²) < 4.78 is 0. The normalized spacial score (nSPS) is 20.5. The van der Waals surface area contributed by atoms with Crippen molar-refractivity contribution in [1.29, 1.82) is 0 Å². The maximum atomic E-state index is 2.55. The standard InChI is InChI=1S/C21H19N/c1-4-10-17(11-5-1)20-16-21(18-12-6-2-7-13-18)22(20)19-14-8-3-9-15-19/h1-15,20-21H,16H2/t20-,21+. The Kier molecular flexibility index (Phi) is 3.40. The maximum absolute atomic E-state index is 2.55. The molecule has 3 aromatic carbocycles. The Hall–Kier alpha value is -2.54. The molecule has 0 aromatic heterocycles. The SMILES string of the molecule is c1ccc([C@H]2C[C@@H](c3ccccc3)N2c2ccccc2)cc1. The highest BCUT2D eigenvalue weighted by Crippen LogP contribution is 2.50. The van der Waals surface area contributed by atoms with Crippen molar-refractivity contribution in [2.45, 2.75) is 18.5 Å². The number of benzene rings is 3. The topological polar surface area (TPSA) is 3.24 Å². The fourth-order valence-electron chi connectivity index (χ4n) is 3.42. The molecule has 3 aromatic rings. The van der Waals surface area contributed by atoms with E-state index in [1.54, 1.807) is 0 Å². The van der Waals surface area contributed by atoms with Gasteiger partial charge in [-0.15, -0.1) is 0 Å². The van der Waals surface area contributed by atoms with Crippen LogP contribution in [-0.4, -0.2) is 0 Å². The van der Waals surface area contributed by atoms with Gasteiger partial charge < -0.3 is 4.90 Å². The maximum Gasteiger partial charge on any atom is 0.0571 e. The molecule has 0 spiro atoms. The van der Waals surface area contributed by atoms with Crippen molar-refractivity contribution in [2.75, 3.05) is 4.90 Å². The lowest BCUT2D eigenvalue weighted by Crippen LogP contribution is -2.44. The molecule has 1 nitrogen and oxygen atoms in total. The van der Waals surface area contributed by atoms with Gasteiger partial charge in [-0.2, -0.15) is 0 Å². The predicted molar refractivity (Wildman–Crippen MR) is 91.9 cm³/mol. The molecule has 0 unspecified atom stereocenters. The number of para-hydroxylation sites is 1. The molecule has 0 saturated carbocycles.